The number of carbonyl (C=O) groups is 1. The monoisotopic (exact) mass is 416 g/mol. The van der Waals surface area contributed by atoms with Crippen LogP contribution in [0.3, 0.4) is 0 Å². The van der Waals surface area contributed by atoms with Crippen LogP contribution in [0.25, 0.3) is 0 Å². The highest BCUT2D eigenvalue weighted by Gasteiger charge is 2.18. The molecule has 0 radical (unpaired) electrons. The average Bonchev–Trinajstić information content (AvgIpc) is 3.45. The predicted octanol–water partition coefficient (Wildman–Crippen LogP) is 5.45. The number of carbonyl (C=O) groups excluding carboxylic acids is 1. The van der Waals surface area contributed by atoms with Crippen LogP contribution in [0.5, 0.6) is 0 Å². The molecule has 0 aliphatic heterocycles. The first-order chi connectivity index (χ1) is 14.8. The van der Waals surface area contributed by atoms with E-state index in [1.165, 1.54) is 5.56 Å². The minimum Gasteiger partial charge on any atom is -0.467 e. The summed E-state index contributed by atoms with van der Waals surface area (Å²) >= 11 is 1.56. The molecule has 1 amide bonds. The van der Waals surface area contributed by atoms with Gasteiger partial charge in [-0.1, -0.05) is 48.5 Å². The summed E-state index contributed by atoms with van der Waals surface area (Å²) < 4.78 is 7.71. The zero-order valence-electron chi connectivity index (χ0n) is 16.7. The first-order valence-corrected chi connectivity index (χ1v) is 10.9. The van der Waals surface area contributed by atoms with Gasteiger partial charge in [-0.05, 0) is 42.0 Å². The molecule has 2 heterocycles. The summed E-state index contributed by atoms with van der Waals surface area (Å²) in [6.45, 7) is 1.77. The maximum atomic E-state index is 13.1. The van der Waals surface area contributed by atoms with Crippen molar-refractivity contribution in [3.05, 3.63) is 114 Å². The molecule has 4 nitrogen and oxygen atoms in total. The number of hydrogen-bond acceptors (Lipinski definition) is 3. The zero-order chi connectivity index (χ0) is 20.6. The van der Waals surface area contributed by atoms with Crippen molar-refractivity contribution in [2.24, 2.45) is 0 Å². The number of nitrogens with zero attached hydrogens (tertiary/aromatic N) is 2. The maximum absolute atomic E-state index is 13.1. The smallest absolute Gasteiger partial charge is 0.233 e. The Bertz CT molecular complexity index is 1040. The minimum atomic E-state index is 0.0905. The molecule has 152 valence electrons. The van der Waals surface area contributed by atoms with E-state index in [2.05, 4.69) is 29.0 Å². The number of rotatable bonds is 9. The van der Waals surface area contributed by atoms with Gasteiger partial charge in [0.2, 0.25) is 5.91 Å². The van der Waals surface area contributed by atoms with E-state index in [1.807, 2.05) is 71.6 Å². The second-order valence-corrected chi connectivity index (χ2v) is 8.09. The van der Waals surface area contributed by atoms with Gasteiger partial charge in [0.25, 0.3) is 0 Å². The van der Waals surface area contributed by atoms with Crippen molar-refractivity contribution in [2.45, 2.75) is 24.5 Å². The Morgan fingerprint density at radius 2 is 1.63 bits per heavy atom. The van der Waals surface area contributed by atoms with Crippen molar-refractivity contribution in [1.29, 1.82) is 0 Å². The normalized spacial score (nSPS) is 10.8. The van der Waals surface area contributed by atoms with Crippen molar-refractivity contribution >= 4 is 17.7 Å². The summed E-state index contributed by atoms with van der Waals surface area (Å²) in [6.07, 6.45) is 3.71. The Hall–Kier alpha value is -3.18. The summed E-state index contributed by atoms with van der Waals surface area (Å²) in [5, 5.41) is 0. The third kappa shape index (κ3) is 5.45. The largest absolute Gasteiger partial charge is 0.467 e. The van der Waals surface area contributed by atoms with Gasteiger partial charge < -0.3 is 13.9 Å². The van der Waals surface area contributed by atoms with Gasteiger partial charge in [-0.25, -0.2) is 0 Å². The molecule has 4 rings (SSSR count). The predicted molar refractivity (Wildman–Crippen MR) is 120 cm³/mol. The van der Waals surface area contributed by atoms with Gasteiger partial charge in [-0.2, -0.15) is 0 Å². The Labute approximate surface area is 181 Å². The molecule has 2 aromatic heterocycles. The number of amides is 1. The van der Waals surface area contributed by atoms with Crippen molar-refractivity contribution in [2.75, 3.05) is 5.75 Å². The molecule has 5 heteroatoms. The third-order valence-corrected chi connectivity index (χ3v) is 5.85. The second-order valence-electron chi connectivity index (χ2n) is 7.04. The van der Waals surface area contributed by atoms with E-state index in [4.69, 9.17) is 4.42 Å². The summed E-state index contributed by atoms with van der Waals surface area (Å²) in [7, 11) is 0. The van der Waals surface area contributed by atoms with Gasteiger partial charge in [-0.3, -0.25) is 4.79 Å². The van der Waals surface area contributed by atoms with Gasteiger partial charge in [0.1, 0.15) is 5.76 Å². The number of thioether (sulfide) groups is 1. The molecule has 0 unspecified atom stereocenters. The van der Waals surface area contributed by atoms with Crippen LogP contribution < -0.4 is 0 Å². The zero-order valence-corrected chi connectivity index (χ0v) is 17.5. The van der Waals surface area contributed by atoms with E-state index in [0.717, 1.165) is 22.9 Å². The Balaban J connectivity index is 1.47. The molecule has 2 aromatic carbocycles. The molecule has 0 fully saturated rings. The van der Waals surface area contributed by atoms with E-state index >= 15 is 0 Å². The van der Waals surface area contributed by atoms with Crippen LogP contribution in [0.1, 0.15) is 17.0 Å². The minimum absolute atomic E-state index is 0.0905. The summed E-state index contributed by atoms with van der Waals surface area (Å²) in [6, 6.07) is 28.2. The highest BCUT2D eigenvalue weighted by Crippen LogP contribution is 2.20. The van der Waals surface area contributed by atoms with Gasteiger partial charge in [0.05, 0.1) is 25.1 Å². The van der Waals surface area contributed by atoms with E-state index in [0.29, 0.717) is 18.8 Å². The number of benzene rings is 2. The van der Waals surface area contributed by atoms with Crippen LogP contribution in [-0.4, -0.2) is 21.1 Å². The fourth-order valence-electron chi connectivity index (χ4n) is 3.30. The van der Waals surface area contributed by atoms with Crippen molar-refractivity contribution in [1.82, 2.24) is 9.47 Å². The van der Waals surface area contributed by atoms with Gasteiger partial charge in [-0.15, -0.1) is 11.8 Å². The molecule has 0 N–H and O–H groups in total. The van der Waals surface area contributed by atoms with Crippen LogP contribution in [0, 0.1) is 0 Å². The molecule has 0 aliphatic carbocycles. The fourth-order valence-corrected chi connectivity index (χ4v) is 4.12. The molecule has 30 heavy (non-hydrogen) atoms. The fraction of sp³-hybridized carbons (Fsp3) is 0.160. The number of aromatic nitrogens is 1. The van der Waals surface area contributed by atoms with Crippen LogP contribution >= 0.6 is 11.8 Å². The molecular weight excluding hydrogens is 392 g/mol. The molecule has 0 saturated heterocycles. The topological polar surface area (TPSA) is 38.4 Å². The molecule has 0 atom stereocenters. The lowest BCUT2D eigenvalue weighted by Gasteiger charge is -2.23. The maximum Gasteiger partial charge on any atom is 0.233 e. The lowest BCUT2D eigenvalue weighted by atomic mass is 10.2. The van der Waals surface area contributed by atoms with Gasteiger partial charge in [0, 0.05) is 23.3 Å². The molecular formula is C25H24N2O2S. The number of furan rings is 1. The lowest BCUT2D eigenvalue weighted by molar-refractivity contribution is -0.129. The van der Waals surface area contributed by atoms with Crippen molar-refractivity contribution in [3.8, 4) is 0 Å². The summed E-state index contributed by atoms with van der Waals surface area (Å²) in [5.74, 6) is 1.27. The quantitative estimate of drug-likeness (QED) is 0.341. The number of hydrogen-bond donors (Lipinski definition) is 0. The summed E-state index contributed by atoms with van der Waals surface area (Å²) in [4.78, 5) is 16.1. The van der Waals surface area contributed by atoms with Crippen molar-refractivity contribution in [3.63, 3.8) is 0 Å². The molecule has 0 saturated carbocycles. The standard InChI is InChI=1S/C25H24N2O2S/c28-25(20-30-24-13-5-2-6-14-24)27(19-23-12-8-16-29-23)18-22-11-7-15-26(22)17-21-9-3-1-4-10-21/h1-16H,17-20H2. The highest BCUT2D eigenvalue weighted by molar-refractivity contribution is 8.00. The first-order valence-electron chi connectivity index (χ1n) is 9.94. The Kier molecular flexibility index (Phi) is 6.72. The summed E-state index contributed by atoms with van der Waals surface area (Å²) in [5.41, 5.74) is 2.34. The lowest BCUT2D eigenvalue weighted by Crippen LogP contribution is -2.32. The van der Waals surface area contributed by atoms with Gasteiger partial charge >= 0.3 is 0 Å². The SMILES string of the molecule is O=C(CSc1ccccc1)N(Cc1ccco1)Cc1cccn1Cc1ccccc1. The van der Waals surface area contributed by atoms with Crippen molar-refractivity contribution < 1.29 is 9.21 Å². The van der Waals surface area contributed by atoms with Crippen LogP contribution in [0.2, 0.25) is 0 Å². The first kappa shape index (κ1) is 20.1. The average molecular weight is 417 g/mol. The third-order valence-electron chi connectivity index (χ3n) is 4.86. The highest BCUT2D eigenvalue weighted by atomic mass is 32.2. The van der Waals surface area contributed by atoms with Crippen LogP contribution in [0.15, 0.2) is 107 Å². The Morgan fingerprint density at radius 3 is 2.37 bits per heavy atom. The van der Waals surface area contributed by atoms with Gasteiger partial charge in [0.15, 0.2) is 0 Å². The molecule has 0 spiro atoms. The van der Waals surface area contributed by atoms with E-state index in [1.54, 1.807) is 18.0 Å². The van der Waals surface area contributed by atoms with Crippen LogP contribution in [0.4, 0.5) is 0 Å². The molecule has 0 aliphatic rings. The second kappa shape index (κ2) is 10.0. The van der Waals surface area contributed by atoms with E-state index < -0.39 is 0 Å². The van der Waals surface area contributed by atoms with Crippen LogP contribution in [-0.2, 0) is 24.4 Å². The molecule has 4 aromatic rings. The Morgan fingerprint density at radius 1 is 0.867 bits per heavy atom. The van der Waals surface area contributed by atoms with E-state index in [9.17, 15) is 4.79 Å². The van der Waals surface area contributed by atoms with E-state index in [-0.39, 0.29) is 5.91 Å². The molecule has 0 bridgehead atoms.